The molecule has 1 saturated carbocycles. The summed E-state index contributed by atoms with van der Waals surface area (Å²) < 4.78 is 5.53. The van der Waals surface area contributed by atoms with Gasteiger partial charge in [-0.1, -0.05) is 24.3 Å². The summed E-state index contributed by atoms with van der Waals surface area (Å²) in [6.07, 6.45) is 3.69. The second kappa shape index (κ2) is 9.07. The van der Waals surface area contributed by atoms with Crippen molar-refractivity contribution in [3.63, 3.8) is 0 Å². The van der Waals surface area contributed by atoms with Crippen LogP contribution in [0.3, 0.4) is 0 Å². The zero-order valence-electron chi connectivity index (χ0n) is 15.8. The first-order chi connectivity index (χ1) is 11.6. The molecule has 1 N–H and O–H groups in total. The minimum absolute atomic E-state index is 0.388. The molecule has 1 aliphatic carbocycles. The van der Waals surface area contributed by atoms with Crippen LogP contribution in [0.1, 0.15) is 44.2 Å². The molecule has 4 heteroatoms. The lowest BCUT2D eigenvalue weighted by atomic mass is 10.0. The number of hydrogen-bond donors (Lipinski definition) is 1. The van der Waals surface area contributed by atoms with Crippen LogP contribution >= 0.6 is 0 Å². The van der Waals surface area contributed by atoms with Gasteiger partial charge in [-0.15, -0.1) is 0 Å². The zero-order valence-corrected chi connectivity index (χ0v) is 15.8. The molecular formula is C20H33N3O. The van der Waals surface area contributed by atoms with Gasteiger partial charge in [-0.05, 0) is 56.6 Å². The van der Waals surface area contributed by atoms with Gasteiger partial charge >= 0.3 is 0 Å². The number of nitrogens with one attached hydrogen (secondary N) is 1. The number of guanidine groups is 1. The average Bonchev–Trinajstić information content (AvgIpc) is 3.34. The number of hydrogen-bond acceptors (Lipinski definition) is 2. The lowest BCUT2D eigenvalue weighted by Gasteiger charge is -2.24. The van der Waals surface area contributed by atoms with E-state index in [9.17, 15) is 0 Å². The van der Waals surface area contributed by atoms with Crippen molar-refractivity contribution in [2.45, 2.75) is 46.6 Å². The maximum atomic E-state index is 5.53. The van der Waals surface area contributed by atoms with Gasteiger partial charge in [0, 0.05) is 39.9 Å². The molecule has 0 amide bonds. The summed E-state index contributed by atoms with van der Waals surface area (Å²) in [6.45, 7) is 10.7. The molecule has 0 radical (unpaired) electrons. The second-order valence-electron chi connectivity index (χ2n) is 6.90. The van der Waals surface area contributed by atoms with E-state index in [0.717, 1.165) is 45.2 Å². The van der Waals surface area contributed by atoms with E-state index in [1.807, 2.05) is 0 Å². The van der Waals surface area contributed by atoms with Crippen molar-refractivity contribution < 1.29 is 4.74 Å². The highest BCUT2D eigenvalue weighted by Crippen LogP contribution is 2.49. The third-order valence-corrected chi connectivity index (χ3v) is 4.87. The van der Waals surface area contributed by atoms with Crippen LogP contribution in [0.5, 0.6) is 0 Å². The molecule has 0 aromatic heterocycles. The van der Waals surface area contributed by atoms with Crippen molar-refractivity contribution in [2.75, 3.05) is 33.4 Å². The summed E-state index contributed by atoms with van der Waals surface area (Å²) in [5, 5.41) is 3.43. The van der Waals surface area contributed by atoms with Crippen LogP contribution in [0.15, 0.2) is 29.3 Å². The Kier molecular flexibility index (Phi) is 7.10. The van der Waals surface area contributed by atoms with Crippen molar-refractivity contribution in [3.05, 3.63) is 35.4 Å². The monoisotopic (exact) mass is 331 g/mol. The van der Waals surface area contributed by atoms with Crippen molar-refractivity contribution in [3.8, 4) is 0 Å². The average molecular weight is 332 g/mol. The van der Waals surface area contributed by atoms with E-state index in [-0.39, 0.29) is 0 Å². The summed E-state index contributed by atoms with van der Waals surface area (Å²) in [5.74, 6) is 1.00. The molecule has 0 bridgehead atoms. The molecule has 4 nitrogen and oxygen atoms in total. The quantitative estimate of drug-likeness (QED) is 0.427. The van der Waals surface area contributed by atoms with E-state index in [1.165, 1.54) is 24.0 Å². The van der Waals surface area contributed by atoms with Gasteiger partial charge in [0.25, 0.3) is 0 Å². The number of nitrogens with zero attached hydrogens (tertiary/aromatic N) is 2. The number of aryl methyl sites for hydroxylation is 1. The molecule has 2 rings (SSSR count). The summed E-state index contributed by atoms with van der Waals surface area (Å²) >= 11 is 0. The van der Waals surface area contributed by atoms with Crippen LogP contribution in [0.2, 0.25) is 0 Å². The summed E-state index contributed by atoms with van der Waals surface area (Å²) in [4.78, 5) is 7.15. The molecular weight excluding hydrogens is 298 g/mol. The molecule has 1 aliphatic rings. The third kappa shape index (κ3) is 5.52. The van der Waals surface area contributed by atoms with Gasteiger partial charge in [-0.25, -0.2) is 0 Å². The molecule has 0 saturated heterocycles. The van der Waals surface area contributed by atoms with Crippen LogP contribution in [0.25, 0.3) is 0 Å². The molecule has 1 aromatic carbocycles. The van der Waals surface area contributed by atoms with E-state index in [1.54, 1.807) is 0 Å². The fraction of sp³-hybridized carbons (Fsp3) is 0.650. The Morgan fingerprint density at radius 1 is 1.29 bits per heavy atom. The maximum absolute atomic E-state index is 5.53. The second-order valence-corrected chi connectivity index (χ2v) is 6.90. The topological polar surface area (TPSA) is 36.9 Å². The van der Waals surface area contributed by atoms with Gasteiger partial charge < -0.3 is 15.0 Å². The van der Waals surface area contributed by atoms with Crippen molar-refractivity contribution >= 4 is 5.96 Å². The molecule has 0 heterocycles. The summed E-state index contributed by atoms with van der Waals surface area (Å²) in [7, 11) is 2.12. The number of benzene rings is 1. The number of aliphatic imine (C=N–C) groups is 1. The van der Waals surface area contributed by atoms with Crippen molar-refractivity contribution in [1.82, 2.24) is 10.2 Å². The molecule has 0 atom stereocenters. The molecule has 1 aromatic rings. The van der Waals surface area contributed by atoms with Crippen LogP contribution in [0, 0.1) is 12.3 Å². The Morgan fingerprint density at radius 2 is 2.04 bits per heavy atom. The fourth-order valence-corrected chi connectivity index (χ4v) is 2.93. The first kappa shape index (κ1) is 18.8. The molecule has 134 valence electrons. The van der Waals surface area contributed by atoms with Crippen LogP contribution in [0.4, 0.5) is 0 Å². The fourth-order valence-electron chi connectivity index (χ4n) is 2.93. The predicted molar refractivity (Wildman–Crippen MR) is 101 cm³/mol. The van der Waals surface area contributed by atoms with E-state index in [4.69, 9.17) is 9.73 Å². The van der Waals surface area contributed by atoms with Crippen molar-refractivity contribution in [2.24, 2.45) is 10.4 Å². The molecule has 0 spiro atoms. The largest absolute Gasteiger partial charge is 0.382 e. The third-order valence-electron chi connectivity index (χ3n) is 4.87. The first-order valence-corrected chi connectivity index (χ1v) is 9.22. The van der Waals surface area contributed by atoms with Gasteiger partial charge in [-0.2, -0.15) is 0 Å². The van der Waals surface area contributed by atoms with Crippen LogP contribution in [-0.4, -0.2) is 44.2 Å². The Balaban J connectivity index is 1.96. The smallest absolute Gasteiger partial charge is 0.193 e. The minimum Gasteiger partial charge on any atom is -0.382 e. The Hall–Kier alpha value is -1.55. The minimum atomic E-state index is 0.388. The standard InChI is InChI=1S/C20H33N3O/c1-5-21-19(22-16-20(11-12-20)13-14-24-6-2)23(4)15-18-10-8-7-9-17(18)3/h7-10H,5-6,11-16H2,1-4H3,(H,21,22). The summed E-state index contributed by atoms with van der Waals surface area (Å²) in [5.41, 5.74) is 3.07. The maximum Gasteiger partial charge on any atom is 0.193 e. The highest BCUT2D eigenvalue weighted by Gasteiger charge is 2.42. The summed E-state index contributed by atoms with van der Waals surface area (Å²) in [6, 6.07) is 8.56. The van der Waals surface area contributed by atoms with Crippen LogP contribution < -0.4 is 5.32 Å². The Labute approximate surface area is 147 Å². The van der Waals surface area contributed by atoms with Gasteiger partial charge in [-0.3, -0.25) is 4.99 Å². The van der Waals surface area contributed by atoms with Gasteiger partial charge in [0.1, 0.15) is 0 Å². The highest BCUT2D eigenvalue weighted by atomic mass is 16.5. The predicted octanol–water partition coefficient (Wildman–Crippen LogP) is 3.60. The molecule has 24 heavy (non-hydrogen) atoms. The lowest BCUT2D eigenvalue weighted by molar-refractivity contribution is 0.129. The first-order valence-electron chi connectivity index (χ1n) is 9.22. The number of ether oxygens (including phenoxy) is 1. The SMILES string of the molecule is CCNC(=NCC1(CCOCC)CC1)N(C)Cc1ccccc1C. The Bertz CT molecular complexity index is 537. The number of rotatable bonds is 9. The lowest BCUT2D eigenvalue weighted by Crippen LogP contribution is -2.39. The zero-order chi connectivity index (χ0) is 17.4. The molecule has 1 fully saturated rings. The van der Waals surface area contributed by atoms with E-state index < -0.39 is 0 Å². The van der Waals surface area contributed by atoms with E-state index in [0.29, 0.717) is 5.41 Å². The van der Waals surface area contributed by atoms with Gasteiger partial charge in [0.15, 0.2) is 5.96 Å². The Morgan fingerprint density at radius 3 is 2.67 bits per heavy atom. The molecule has 0 unspecified atom stereocenters. The van der Waals surface area contributed by atoms with E-state index >= 15 is 0 Å². The van der Waals surface area contributed by atoms with E-state index in [2.05, 4.69) is 62.3 Å². The van der Waals surface area contributed by atoms with Crippen molar-refractivity contribution in [1.29, 1.82) is 0 Å². The van der Waals surface area contributed by atoms with Gasteiger partial charge in [0.05, 0.1) is 0 Å². The van der Waals surface area contributed by atoms with Gasteiger partial charge in [0.2, 0.25) is 0 Å². The normalized spacial score (nSPS) is 16.1. The van der Waals surface area contributed by atoms with Crippen LogP contribution in [-0.2, 0) is 11.3 Å². The molecule has 0 aliphatic heterocycles. The highest BCUT2D eigenvalue weighted by molar-refractivity contribution is 5.79.